The summed E-state index contributed by atoms with van der Waals surface area (Å²) >= 11 is 0. The van der Waals surface area contributed by atoms with Gasteiger partial charge in [-0.15, -0.1) is 0 Å². The van der Waals surface area contributed by atoms with Gasteiger partial charge in [0.25, 0.3) is 0 Å². The van der Waals surface area contributed by atoms with Gasteiger partial charge in [0, 0.05) is 6.20 Å². The highest BCUT2D eigenvalue weighted by Crippen LogP contribution is 2.38. The summed E-state index contributed by atoms with van der Waals surface area (Å²) in [7, 11) is 0. The molecule has 0 saturated heterocycles. The van der Waals surface area contributed by atoms with E-state index in [1.807, 2.05) is 18.3 Å². The molecule has 0 amide bonds. The monoisotopic (exact) mass is 530 g/mol. The fraction of sp³-hybridized carbons (Fsp3) is 0.135. The van der Waals surface area contributed by atoms with Crippen molar-refractivity contribution in [2.24, 2.45) is 0 Å². The Bertz CT molecular complexity index is 1730. The largest absolute Gasteiger partial charge is 0.260 e. The molecule has 2 unspecified atom stereocenters. The van der Waals surface area contributed by atoms with Crippen LogP contribution in [-0.4, -0.2) is 19.9 Å². The van der Waals surface area contributed by atoms with E-state index >= 15 is 0 Å². The van der Waals surface area contributed by atoms with Crippen LogP contribution in [0.5, 0.6) is 0 Å². The third-order valence-electron chi connectivity index (χ3n) is 7.89. The van der Waals surface area contributed by atoms with Crippen molar-refractivity contribution in [3.63, 3.8) is 0 Å². The van der Waals surface area contributed by atoms with Crippen LogP contribution in [-0.2, 0) is 0 Å². The number of aryl methyl sites for hydroxylation is 2. The molecular weight excluding hydrogens is 500 g/mol. The molecule has 0 aliphatic carbocycles. The number of aromatic nitrogens is 4. The van der Waals surface area contributed by atoms with Gasteiger partial charge in [-0.25, -0.2) is 0 Å². The fourth-order valence-electron chi connectivity index (χ4n) is 6.06. The van der Waals surface area contributed by atoms with Gasteiger partial charge in [0.1, 0.15) is 0 Å². The third-order valence-corrected chi connectivity index (χ3v) is 7.89. The Kier molecular flexibility index (Phi) is 6.44. The third kappa shape index (κ3) is 4.82. The smallest absolute Gasteiger partial charge is 0.0858 e. The number of benzene rings is 2. The van der Waals surface area contributed by atoms with Crippen LogP contribution in [0, 0.1) is 13.8 Å². The van der Waals surface area contributed by atoms with E-state index in [1.165, 1.54) is 22.3 Å². The lowest BCUT2D eigenvalue weighted by atomic mass is 9.86. The minimum absolute atomic E-state index is 0.122. The maximum atomic E-state index is 5.37. The van der Waals surface area contributed by atoms with E-state index in [2.05, 4.69) is 123 Å². The summed E-state index contributed by atoms with van der Waals surface area (Å²) in [5.74, 6) is -0.454. The maximum Gasteiger partial charge on any atom is 0.0858 e. The molecule has 7 rings (SSSR count). The van der Waals surface area contributed by atoms with Crippen LogP contribution in [0.3, 0.4) is 0 Å². The van der Waals surface area contributed by atoms with Gasteiger partial charge in [0.15, 0.2) is 0 Å². The summed E-state index contributed by atoms with van der Waals surface area (Å²) < 4.78 is 0. The summed E-state index contributed by atoms with van der Waals surface area (Å²) in [6.07, 6.45) is 1.85. The molecule has 6 bridgehead atoms. The van der Waals surface area contributed by atoms with Crippen LogP contribution in [0.15, 0.2) is 128 Å². The minimum atomic E-state index is -0.210. The average molecular weight is 531 g/mol. The van der Waals surface area contributed by atoms with Gasteiger partial charge in [-0.05, 0) is 73.5 Å². The van der Waals surface area contributed by atoms with Crippen LogP contribution >= 0.6 is 0 Å². The summed E-state index contributed by atoms with van der Waals surface area (Å²) in [4.78, 5) is 20.8. The number of hydrogen-bond acceptors (Lipinski definition) is 4. The van der Waals surface area contributed by atoms with Crippen LogP contribution in [0.2, 0.25) is 0 Å². The molecule has 4 nitrogen and oxygen atoms in total. The van der Waals surface area contributed by atoms with Crippen LogP contribution in [0.1, 0.15) is 79.9 Å². The first-order valence-corrected chi connectivity index (χ1v) is 14.1. The summed E-state index contributed by atoms with van der Waals surface area (Å²) in [5.41, 5.74) is 11.4. The van der Waals surface area contributed by atoms with Gasteiger partial charge in [-0.1, -0.05) is 83.9 Å². The molecule has 0 N–H and O–H groups in total. The molecule has 1 aliphatic rings. The second-order valence-corrected chi connectivity index (χ2v) is 10.8. The lowest BCUT2D eigenvalue weighted by Crippen LogP contribution is -2.17. The Balaban J connectivity index is 1.55. The second kappa shape index (κ2) is 10.5. The Hall–Kier alpha value is -4.96. The normalized spacial score (nSPS) is 17.8. The molecule has 4 heteroatoms. The zero-order valence-electron chi connectivity index (χ0n) is 23.1. The van der Waals surface area contributed by atoms with Crippen LogP contribution in [0.4, 0.5) is 0 Å². The van der Waals surface area contributed by atoms with Crippen LogP contribution in [0.25, 0.3) is 0 Å². The molecule has 2 aromatic carbocycles. The Labute approximate surface area is 240 Å². The minimum Gasteiger partial charge on any atom is -0.260 e. The predicted molar refractivity (Wildman–Crippen MR) is 162 cm³/mol. The molecule has 0 saturated carbocycles. The molecular formula is C37H30N4. The Morgan fingerprint density at radius 3 is 1.17 bits per heavy atom. The summed E-state index contributed by atoms with van der Waals surface area (Å²) in [5, 5.41) is 0. The zero-order valence-corrected chi connectivity index (χ0v) is 23.1. The average Bonchev–Trinajstić information content (AvgIpc) is 2.99. The van der Waals surface area contributed by atoms with Gasteiger partial charge >= 0.3 is 0 Å². The van der Waals surface area contributed by atoms with E-state index in [0.717, 1.165) is 39.9 Å². The number of hydrogen-bond donors (Lipinski definition) is 0. The van der Waals surface area contributed by atoms with Gasteiger partial charge in [-0.2, -0.15) is 0 Å². The van der Waals surface area contributed by atoms with E-state index in [1.54, 1.807) is 0 Å². The topological polar surface area (TPSA) is 51.6 Å². The zero-order chi connectivity index (χ0) is 27.8. The fourth-order valence-corrected chi connectivity index (χ4v) is 6.06. The predicted octanol–water partition coefficient (Wildman–Crippen LogP) is 7.74. The summed E-state index contributed by atoms with van der Waals surface area (Å²) in [6, 6.07) is 42.4. The molecule has 4 aromatic heterocycles. The Morgan fingerprint density at radius 1 is 0.390 bits per heavy atom. The van der Waals surface area contributed by atoms with Crippen molar-refractivity contribution in [1.29, 1.82) is 0 Å². The standard InChI is InChI=1S/C37H30N4/c1-24-10-5-12-26(22-24)35-29-15-7-16-30(39-29)36(27-13-6-11-25(2)23-27)32-18-9-20-34(41-32)37(28-14-3-4-21-38-28)33-19-8-17-31(35)40-33/h3-23,35-37H,1-2H3. The number of pyridine rings is 4. The highest BCUT2D eigenvalue weighted by atomic mass is 14.8. The molecule has 41 heavy (non-hydrogen) atoms. The van der Waals surface area contributed by atoms with Gasteiger partial charge < -0.3 is 0 Å². The van der Waals surface area contributed by atoms with Crippen molar-refractivity contribution in [1.82, 2.24) is 19.9 Å². The molecule has 5 heterocycles. The molecule has 2 atom stereocenters. The van der Waals surface area contributed by atoms with Gasteiger partial charge in [-0.3, -0.25) is 19.9 Å². The van der Waals surface area contributed by atoms with Crippen LogP contribution < -0.4 is 0 Å². The van der Waals surface area contributed by atoms with E-state index in [9.17, 15) is 0 Å². The number of nitrogens with zero attached hydrogens (tertiary/aromatic N) is 4. The quantitative estimate of drug-likeness (QED) is 0.234. The van der Waals surface area contributed by atoms with Crippen molar-refractivity contribution in [2.75, 3.05) is 0 Å². The van der Waals surface area contributed by atoms with E-state index in [4.69, 9.17) is 19.9 Å². The Morgan fingerprint density at radius 2 is 0.780 bits per heavy atom. The maximum absolute atomic E-state index is 5.37. The molecule has 0 radical (unpaired) electrons. The molecule has 0 spiro atoms. The van der Waals surface area contributed by atoms with E-state index in [-0.39, 0.29) is 17.8 Å². The number of fused-ring (bicyclic) bond motifs is 6. The summed E-state index contributed by atoms with van der Waals surface area (Å²) in [6.45, 7) is 4.27. The van der Waals surface area contributed by atoms with Crippen molar-refractivity contribution < 1.29 is 0 Å². The lowest BCUT2D eigenvalue weighted by Gasteiger charge is -2.25. The number of rotatable bonds is 3. The lowest BCUT2D eigenvalue weighted by molar-refractivity contribution is 0.762. The first kappa shape index (κ1) is 25.0. The SMILES string of the molecule is Cc1cccc(C2c3cccc(n3)C(c3cccc(C)c3)c3cccc(n3)C(c3ccccn3)c3cccc2n3)c1. The second-order valence-electron chi connectivity index (χ2n) is 10.8. The first-order chi connectivity index (χ1) is 20.1. The molecule has 1 aliphatic heterocycles. The van der Waals surface area contributed by atoms with E-state index in [0.29, 0.717) is 0 Å². The highest BCUT2D eigenvalue weighted by Gasteiger charge is 2.29. The van der Waals surface area contributed by atoms with Gasteiger partial charge in [0.2, 0.25) is 0 Å². The van der Waals surface area contributed by atoms with Crippen molar-refractivity contribution in [2.45, 2.75) is 31.6 Å². The van der Waals surface area contributed by atoms with Crippen molar-refractivity contribution in [3.05, 3.63) is 190 Å². The van der Waals surface area contributed by atoms with Crippen molar-refractivity contribution >= 4 is 0 Å². The first-order valence-electron chi connectivity index (χ1n) is 14.1. The highest BCUT2D eigenvalue weighted by molar-refractivity contribution is 5.46. The molecule has 6 aromatic rings. The van der Waals surface area contributed by atoms with Gasteiger partial charge in [0.05, 0.1) is 57.6 Å². The van der Waals surface area contributed by atoms with Crippen molar-refractivity contribution in [3.8, 4) is 0 Å². The molecule has 198 valence electrons. The molecule has 0 fully saturated rings. The van der Waals surface area contributed by atoms with E-state index < -0.39 is 0 Å².